The molecule has 0 heterocycles. The summed E-state index contributed by atoms with van der Waals surface area (Å²) in [5, 5.41) is 0. The monoisotopic (exact) mass is 1270 g/mol. The van der Waals surface area contributed by atoms with E-state index in [-0.39, 0.29) is 16.7 Å². The van der Waals surface area contributed by atoms with E-state index in [0.717, 1.165) is 5.56 Å². The molecule has 86 heavy (non-hydrogen) atoms. The minimum absolute atomic E-state index is 0.0364. The number of carbonyl (C=O) groups excluding carboxylic acids is 1. The van der Waals surface area contributed by atoms with Crippen LogP contribution in [-0.2, 0) is 66.7 Å². The fourth-order valence-corrected chi connectivity index (χ4v) is 11.1. The number of hydrogen-bond donors (Lipinski definition) is 0. The van der Waals surface area contributed by atoms with Gasteiger partial charge in [-0.25, -0.2) is 0 Å². The molecule has 0 amide bonds. The van der Waals surface area contributed by atoms with Gasteiger partial charge < -0.3 is 0 Å². The van der Waals surface area contributed by atoms with Crippen molar-refractivity contribution in [3.05, 3.63) is 183 Å². The average molecular weight is 1270 g/mol. The molecule has 0 saturated carbocycles. The van der Waals surface area contributed by atoms with Crippen molar-refractivity contribution in [3.63, 3.8) is 0 Å². The summed E-state index contributed by atoms with van der Waals surface area (Å²) in [5.41, 5.74) is -28.0. The Kier molecular flexibility index (Phi) is 22.5. The van der Waals surface area contributed by atoms with Crippen molar-refractivity contribution in [2.45, 2.75) is 132 Å². The zero-order valence-corrected chi connectivity index (χ0v) is 45.9. The molecule has 1 nitrogen and oxygen atoms in total. The van der Waals surface area contributed by atoms with Crippen LogP contribution in [0.15, 0.2) is 132 Å². The maximum absolute atomic E-state index is 14.2. The first-order chi connectivity index (χ1) is 39.5. The molecule has 1 atom stereocenters. The highest BCUT2D eigenvalue weighted by molar-refractivity contribution is 7.96. The Morgan fingerprint density at radius 3 is 0.860 bits per heavy atom. The molecule has 0 spiro atoms. The molecule has 1 unspecified atom stereocenters. The Bertz CT molecular complexity index is 2770. The predicted molar refractivity (Wildman–Crippen MR) is 279 cm³/mol. The van der Waals surface area contributed by atoms with Gasteiger partial charge in [0.1, 0.15) is 12.4 Å². The van der Waals surface area contributed by atoms with Gasteiger partial charge in [0.05, 0.1) is 44.5 Å². The van der Waals surface area contributed by atoms with E-state index in [2.05, 4.69) is 37.4 Å². The van der Waals surface area contributed by atoms with Crippen molar-refractivity contribution in [3.8, 4) is 0 Å². The second-order valence-electron chi connectivity index (χ2n) is 20.4. The number of alkyl halides is 24. The topological polar surface area (TPSA) is 17.1 Å². The normalized spacial score (nSPS) is 13.6. The number of benzene rings is 6. The quantitative estimate of drug-likeness (QED) is 0.0260. The number of Topliss-reactive ketones (excluding diaryl/α,β-unsaturated/α-hetero) is 1. The molecule has 0 N–H and O–H groups in total. The molecule has 0 fully saturated rings. The zero-order valence-electron chi connectivity index (χ0n) is 45.1. The summed E-state index contributed by atoms with van der Waals surface area (Å²) in [6.07, 6.45) is -37.6. The van der Waals surface area contributed by atoms with Crippen LogP contribution >= 0.6 is 0 Å². The van der Waals surface area contributed by atoms with Gasteiger partial charge in [0.15, 0.2) is 10.6 Å². The molecule has 0 bridgehead atoms. The number of rotatable bonds is 19. The number of aryl methyl sites for hydroxylation is 1. The van der Waals surface area contributed by atoms with Crippen LogP contribution in [0, 0.1) is 0 Å². The fraction of sp³-hybridized carbons (Fsp3) is 0.373. The number of unbranched alkanes of at least 4 members (excludes halogenated alkanes) is 9. The maximum Gasteiger partial charge on any atom is 0.416 e. The molecule has 470 valence electrons. The second kappa shape index (κ2) is 27.4. The first-order valence-electron chi connectivity index (χ1n) is 26.1. The van der Waals surface area contributed by atoms with Crippen LogP contribution in [0.4, 0.5) is 105 Å². The highest BCUT2D eigenvalue weighted by Gasteiger charge is 2.47. The van der Waals surface area contributed by atoms with Crippen molar-refractivity contribution in [2.24, 2.45) is 0 Å². The molecule has 6 aromatic rings. The number of ketones is 1. The molecule has 0 saturated heterocycles. The number of halogens is 24. The molecule has 0 radical (unpaired) electrons. The van der Waals surface area contributed by atoms with Gasteiger partial charge in [-0.15, -0.1) is 0 Å². The van der Waals surface area contributed by atoms with Crippen LogP contribution < -0.4 is 21.9 Å². The van der Waals surface area contributed by atoms with Gasteiger partial charge in [-0.3, -0.25) is 4.79 Å². The third-order valence-electron chi connectivity index (χ3n) is 14.0. The van der Waals surface area contributed by atoms with E-state index >= 15 is 0 Å². The lowest BCUT2D eigenvalue weighted by atomic mass is 9.12. The van der Waals surface area contributed by atoms with Crippen molar-refractivity contribution >= 4 is 44.7 Å². The van der Waals surface area contributed by atoms with Gasteiger partial charge in [-0.1, -0.05) is 156 Å². The van der Waals surface area contributed by atoms with Crippen molar-refractivity contribution in [1.82, 2.24) is 0 Å². The molecule has 0 aromatic heterocycles. The van der Waals surface area contributed by atoms with Crippen LogP contribution in [0.25, 0.3) is 0 Å². The summed E-state index contributed by atoms with van der Waals surface area (Å²) in [7, 11) is -0.0364. The van der Waals surface area contributed by atoms with E-state index in [4.69, 9.17) is 0 Å². The maximum atomic E-state index is 14.2. The summed E-state index contributed by atoms with van der Waals surface area (Å²) in [5.74, 6) is 0.841. The summed E-state index contributed by atoms with van der Waals surface area (Å²) in [6, 6.07) is 9.82. The lowest BCUT2D eigenvalue weighted by Crippen LogP contribution is -2.75. The van der Waals surface area contributed by atoms with E-state index in [1.54, 1.807) is 0 Å². The Balaban J connectivity index is 0.000000389. The summed E-state index contributed by atoms with van der Waals surface area (Å²) in [4.78, 5) is 13.7. The molecule has 6 aromatic carbocycles. The third kappa shape index (κ3) is 18.9. The standard InChI is InChI=1S/C32H12BF24.C27H39OS/c34-25(35,36)13-1-14(26(37,38)39)6-21(5-13)33(22-7-15(27(40,41)42)2-16(8-22)28(43,44)45,23-9-17(29(46,47)48)3-18(10-23)30(49,50)51)24-11-19(31(52,53)54)4-20(12-24)32(55,56)57;1-3-4-5-6-7-8-9-10-11-13-16-24-19-21-26(22-20-24)29(2)23-27(28)25-17-14-12-15-18-25/h1-12H;12,14-15,17-22H,3-11,13,16,23H2,1-2H3/q-1;+1. The van der Waals surface area contributed by atoms with Crippen molar-refractivity contribution in [2.75, 3.05) is 12.0 Å². The summed E-state index contributed by atoms with van der Waals surface area (Å²) < 4.78 is 341. The Morgan fingerprint density at radius 2 is 0.605 bits per heavy atom. The smallest absolute Gasteiger partial charge is 0.289 e. The first kappa shape index (κ1) is 70.5. The highest BCUT2D eigenvalue weighted by Crippen LogP contribution is 2.42. The highest BCUT2D eigenvalue weighted by atomic mass is 32.2. The molecule has 6 rings (SSSR count). The zero-order chi connectivity index (χ0) is 64.6. The first-order valence-corrected chi connectivity index (χ1v) is 27.9. The lowest BCUT2D eigenvalue weighted by Gasteiger charge is -2.46. The van der Waals surface area contributed by atoms with Crippen LogP contribution in [0.3, 0.4) is 0 Å². The molecule has 0 aliphatic carbocycles. The molecular weight excluding hydrogens is 1220 g/mol. The van der Waals surface area contributed by atoms with Gasteiger partial charge in [-0.2, -0.15) is 127 Å². The van der Waals surface area contributed by atoms with Gasteiger partial charge in [0.2, 0.25) is 5.78 Å². The van der Waals surface area contributed by atoms with Gasteiger partial charge in [-0.05, 0) is 54.8 Å². The van der Waals surface area contributed by atoms with Crippen LogP contribution in [-0.4, -0.2) is 23.9 Å². The Morgan fingerprint density at radius 1 is 0.349 bits per heavy atom. The van der Waals surface area contributed by atoms with Gasteiger partial charge >= 0.3 is 49.4 Å². The van der Waals surface area contributed by atoms with E-state index in [1.807, 2.05) is 30.3 Å². The molecular formula is C59H51BF24OS. The van der Waals surface area contributed by atoms with E-state index in [1.165, 1.54) is 81.1 Å². The molecule has 0 aliphatic rings. The van der Waals surface area contributed by atoms with E-state index in [9.17, 15) is 110 Å². The summed E-state index contributed by atoms with van der Waals surface area (Å²) in [6.45, 7) is 2.28. The minimum atomic E-state index is -6.13. The van der Waals surface area contributed by atoms with Gasteiger partial charge in [0.25, 0.3) is 0 Å². The number of carbonyl (C=O) groups is 1. The largest absolute Gasteiger partial charge is 0.416 e. The minimum Gasteiger partial charge on any atom is -0.289 e. The SMILES string of the molecule is CCCCCCCCCCCCc1ccc([S+](C)CC(=O)c2ccccc2)cc1.FC(F)(F)c1cc([B-](c2cc(C(F)(F)F)cc(C(F)(F)F)c2)(c2cc(C(F)(F)F)cc(C(F)(F)F)c2)c2cc(C(F)(F)F)cc(C(F)(F)F)c2)cc(C(F)(F)F)c1. The molecule has 0 aliphatic heterocycles. The van der Waals surface area contributed by atoms with Crippen LogP contribution in [0.5, 0.6) is 0 Å². The Hall–Kier alpha value is -6.28. The van der Waals surface area contributed by atoms with E-state index < -0.39 is 195 Å². The van der Waals surface area contributed by atoms with Crippen molar-refractivity contribution in [1.29, 1.82) is 0 Å². The van der Waals surface area contributed by atoms with Gasteiger partial charge in [0, 0.05) is 16.5 Å². The Labute approximate surface area is 480 Å². The van der Waals surface area contributed by atoms with Crippen LogP contribution in [0.1, 0.15) is 132 Å². The second-order valence-corrected chi connectivity index (χ2v) is 22.4. The van der Waals surface area contributed by atoms with Crippen molar-refractivity contribution < 1.29 is 110 Å². The predicted octanol–water partition coefficient (Wildman–Crippen LogP) is 18.9. The molecule has 27 heteroatoms. The fourth-order valence-electron chi connectivity index (χ4n) is 9.76. The van der Waals surface area contributed by atoms with Crippen LogP contribution in [0.2, 0.25) is 0 Å². The average Bonchev–Trinajstić information content (AvgIpc) is 0.746. The third-order valence-corrected chi connectivity index (χ3v) is 15.8. The van der Waals surface area contributed by atoms with E-state index in [0.29, 0.717) is 5.75 Å². The lowest BCUT2D eigenvalue weighted by molar-refractivity contribution is -0.144. The summed E-state index contributed by atoms with van der Waals surface area (Å²) >= 11 is 0. The number of hydrogen-bond acceptors (Lipinski definition) is 1.